The number of hydrogen-bond donors (Lipinski definition) is 2. The fourth-order valence-corrected chi connectivity index (χ4v) is 3.23. The van der Waals surface area contributed by atoms with Crippen LogP contribution in [0.3, 0.4) is 0 Å². The summed E-state index contributed by atoms with van der Waals surface area (Å²) in [6.07, 6.45) is 3.02. The maximum absolute atomic E-state index is 12.1. The Bertz CT molecular complexity index is 664. The molecular weight excluding hydrogens is 300 g/mol. The molecule has 0 bridgehead atoms. The zero-order valence-corrected chi connectivity index (χ0v) is 13.3. The van der Waals surface area contributed by atoms with Gasteiger partial charge in [0.05, 0.1) is 0 Å². The van der Waals surface area contributed by atoms with Gasteiger partial charge in [0.1, 0.15) is 5.56 Å². The Morgan fingerprint density at radius 1 is 1.36 bits per heavy atom. The van der Waals surface area contributed by atoms with Crippen molar-refractivity contribution in [1.29, 1.82) is 0 Å². The molecule has 2 aromatic heterocycles. The monoisotopic (exact) mass is 320 g/mol. The smallest absolute Gasteiger partial charge is 0.263 e. The second-order valence-electron chi connectivity index (χ2n) is 5.11. The zero-order valence-electron chi connectivity index (χ0n) is 12.5. The fourth-order valence-electron chi connectivity index (χ4n) is 2.33. The van der Waals surface area contributed by atoms with Gasteiger partial charge in [0, 0.05) is 31.3 Å². The van der Waals surface area contributed by atoms with Crippen molar-refractivity contribution >= 4 is 17.2 Å². The predicted octanol–water partition coefficient (Wildman–Crippen LogP) is 1.73. The summed E-state index contributed by atoms with van der Waals surface area (Å²) in [5.74, 6) is -0.126. The average Bonchev–Trinajstić information content (AvgIpc) is 3.03. The molecule has 1 amide bonds. The Kier molecular flexibility index (Phi) is 5.91. The Morgan fingerprint density at radius 3 is 2.86 bits per heavy atom. The Balaban J connectivity index is 1.93. The van der Waals surface area contributed by atoms with Gasteiger partial charge in [-0.1, -0.05) is 6.07 Å². The van der Waals surface area contributed by atoms with E-state index >= 15 is 0 Å². The van der Waals surface area contributed by atoms with E-state index in [0.29, 0.717) is 13.0 Å². The first-order valence-corrected chi connectivity index (χ1v) is 8.09. The van der Waals surface area contributed by atoms with Crippen molar-refractivity contribution in [2.24, 2.45) is 7.05 Å². The first-order chi connectivity index (χ1) is 10.6. The third-order valence-corrected chi connectivity index (χ3v) is 4.60. The van der Waals surface area contributed by atoms with Gasteiger partial charge >= 0.3 is 0 Å². The van der Waals surface area contributed by atoms with Crippen LogP contribution in [0.4, 0.5) is 0 Å². The largest absolute Gasteiger partial charge is 0.396 e. The molecule has 0 aromatic carbocycles. The molecule has 2 aromatic rings. The number of rotatable bonds is 7. The molecule has 22 heavy (non-hydrogen) atoms. The van der Waals surface area contributed by atoms with Gasteiger partial charge in [-0.15, -0.1) is 11.3 Å². The molecule has 118 valence electrons. The molecule has 2 N–H and O–H groups in total. The number of aliphatic hydroxyl groups is 1. The van der Waals surface area contributed by atoms with Crippen LogP contribution in [0.2, 0.25) is 0 Å². The van der Waals surface area contributed by atoms with E-state index < -0.39 is 0 Å². The zero-order chi connectivity index (χ0) is 15.9. The summed E-state index contributed by atoms with van der Waals surface area (Å²) in [4.78, 5) is 25.1. The standard InChI is InChI=1S/C16H20N2O3S/c1-18-9-2-4-13(16(18)21)15(20)17-8-6-12(7-10-19)14-5-3-11-22-14/h2-5,9,11-12,19H,6-8,10H2,1H3,(H,17,20)/t12-/m1/s1. The highest BCUT2D eigenvalue weighted by atomic mass is 32.1. The normalized spacial score (nSPS) is 12.1. The number of nitrogens with zero attached hydrogens (tertiary/aromatic N) is 1. The van der Waals surface area contributed by atoms with Gasteiger partial charge in [-0.25, -0.2) is 0 Å². The van der Waals surface area contributed by atoms with E-state index in [4.69, 9.17) is 5.11 Å². The highest BCUT2D eigenvalue weighted by molar-refractivity contribution is 7.10. The summed E-state index contributed by atoms with van der Waals surface area (Å²) < 4.78 is 1.38. The van der Waals surface area contributed by atoms with Crippen LogP contribution in [0, 0.1) is 0 Å². The van der Waals surface area contributed by atoms with E-state index in [1.807, 2.05) is 17.5 Å². The lowest BCUT2D eigenvalue weighted by Gasteiger charge is -2.14. The van der Waals surface area contributed by atoms with Gasteiger partial charge in [0.2, 0.25) is 0 Å². The number of aromatic nitrogens is 1. The van der Waals surface area contributed by atoms with Crippen LogP contribution >= 0.6 is 11.3 Å². The van der Waals surface area contributed by atoms with E-state index in [9.17, 15) is 9.59 Å². The van der Waals surface area contributed by atoms with E-state index in [-0.39, 0.29) is 29.6 Å². The molecule has 0 aliphatic heterocycles. The van der Waals surface area contributed by atoms with Crippen LogP contribution in [-0.4, -0.2) is 28.7 Å². The number of carbonyl (C=O) groups is 1. The van der Waals surface area contributed by atoms with Gasteiger partial charge in [0.15, 0.2) is 0 Å². The van der Waals surface area contributed by atoms with E-state index in [2.05, 4.69) is 5.32 Å². The molecule has 5 nitrogen and oxygen atoms in total. The van der Waals surface area contributed by atoms with Crippen LogP contribution in [0.5, 0.6) is 0 Å². The third kappa shape index (κ3) is 4.05. The average molecular weight is 320 g/mol. The summed E-state index contributed by atoms with van der Waals surface area (Å²) >= 11 is 1.65. The van der Waals surface area contributed by atoms with Gasteiger partial charge in [-0.05, 0) is 42.3 Å². The first-order valence-electron chi connectivity index (χ1n) is 7.21. The lowest BCUT2D eigenvalue weighted by atomic mass is 10.00. The lowest BCUT2D eigenvalue weighted by Crippen LogP contribution is -2.32. The van der Waals surface area contributed by atoms with Gasteiger partial charge in [-0.3, -0.25) is 9.59 Å². The molecule has 2 heterocycles. The van der Waals surface area contributed by atoms with Gasteiger partial charge in [0.25, 0.3) is 11.5 Å². The van der Waals surface area contributed by atoms with Gasteiger partial charge < -0.3 is 15.0 Å². The first kappa shape index (κ1) is 16.5. The molecular formula is C16H20N2O3S. The topological polar surface area (TPSA) is 71.3 Å². The van der Waals surface area contributed by atoms with E-state index in [1.54, 1.807) is 30.6 Å². The number of carbonyl (C=O) groups excluding carboxylic acids is 1. The summed E-state index contributed by atoms with van der Waals surface area (Å²) in [5.41, 5.74) is -0.148. The van der Waals surface area contributed by atoms with E-state index in [0.717, 1.165) is 6.42 Å². The maximum atomic E-state index is 12.1. The fraction of sp³-hybridized carbons (Fsp3) is 0.375. The van der Waals surface area contributed by atoms with Crippen molar-refractivity contribution in [1.82, 2.24) is 9.88 Å². The number of amides is 1. The van der Waals surface area contributed by atoms with Crippen molar-refractivity contribution in [2.45, 2.75) is 18.8 Å². The van der Waals surface area contributed by atoms with Crippen LogP contribution in [0.1, 0.15) is 34.0 Å². The van der Waals surface area contributed by atoms with E-state index in [1.165, 1.54) is 15.5 Å². The SMILES string of the molecule is Cn1cccc(C(=O)NCC[C@H](CCO)c2cccs2)c1=O. The minimum atomic E-state index is -0.352. The van der Waals surface area contributed by atoms with Crippen molar-refractivity contribution < 1.29 is 9.90 Å². The van der Waals surface area contributed by atoms with Crippen molar-refractivity contribution in [3.8, 4) is 0 Å². The highest BCUT2D eigenvalue weighted by Gasteiger charge is 2.14. The molecule has 0 spiro atoms. The molecule has 0 aliphatic rings. The van der Waals surface area contributed by atoms with Crippen molar-refractivity contribution in [2.75, 3.05) is 13.2 Å². The summed E-state index contributed by atoms with van der Waals surface area (Å²) in [7, 11) is 1.62. The summed E-state index contributed by atoms with van der Waals surface area (Å²) in [6, 6.07) is 7.23. The van der Waals surface area contributed by atoms with Crippen LogP contribution < -0.4 is 10.9 Å². The quantitative estimate of drug-likeness (QED) is 0.816. The lowest BCUT2D eigenvalue weighted by molar-refractivity contribution is 0.0950. The Hall–Kier alpha value is -1.92. The molecule has 2 rings (SSSR count). The third-order valence-electron chi connectivity index (χ3n) is 3.57. The van der Waals surface area contributed by atoms with Gasteiger partial charge in [-0.2, -0.15) is 0 Å². The Labute approximate surface area is 133 Å². The van der Waals surface area contributed by atoms with Crippen LogP contribution in [-0.2, 0) is 7.05 Å². The summed E-state index contributed by atoms with van der Waals surface area (Å²) in [5, 5.41) is 14.0. The number of nitrogens with one attached hydrogen (secondary N) is 1. The van der Waals surface area contributed by atoms with Crippen molar-refractivity contribution in [3.63, 3.8) is 0 Å². The van der Waals surface area contributed by atoms with Crippen LogP contribution in [0.15, 0.2) is 40.6 Å². The summed E-state index contributed by atoms with van der Waals surface area (Å²) in [6.45, 7) is 0.592. The number of pyridine rings is 1. The number of thiophene rings is 1. The maximum Gasteiger partial charge on any atom is 0.263 e. The van der Waals surface area contributed by atoms with Crippen molar-refractivity contribution in [3.05, 3.63) is 56.6 Å². The molecule has 0 saturated heterocycles. The minimum Gasteiger partial charge on any atom is -0.396 e. The van der Waals surface area contributed by atoms with Crippen LogP contribution in [0.25, 0.3) is 0 Å². The number of aliphatic hydroxyl groups excluding tert-OH is 1. The molecule has 0 aliphatic carbocycles. The predicted molar refractivity (Wildman–Crippen MR) is 87.4 cm³/mol. The second kappa shape index (κ2) is 7.91. The molecule has 6 heteroatoms. The minimum absolute atomic E-state index is 0.121. The number of hydrogen-bond acceptors (Lipinski definition) is 4. The molecule has 0 saturated carbocycles. The highest BCUT2D eigenvalue weighted by Crippen LogP contribution is 2.26. The number of aryl methyl sites for hydroxylation is 1. The molecule has 0 unspecified atom stereocenters. The molecule has 1 atom stereocenters. The molecule has 0 fully saturated rings. The Morgan fingerprint density at radius 2 is 2.18 bits per heavy atom. The second-order valence-corrected chi connectivity index (χ2v) is 6.09. The molecule has 0 radical (unpaired) electrons.